The molecule has 0 atom stereocenters. The predicted molar refractivity (Wildman–Crippen MR) is 155 cm³/mol. The Morgan fingerprint density at radius 2 is 1.68 bits per heavy atom. The van der Waals surface area contributed by atoms with Gasteiger partial charge in [-0.3, -0.25) is 4.79 Å². The Bertz CT molecular complexity index is 1580. The second kappa shape index (κ2) is 8.88. The summed E-state index contributed by atoms with van der Waals surface area (Å²) in [7, 11) is 2.24. The number of piperazine rings is 1. The maximum absolute atomic E-state index is 12.9. The third kappa shape index (κ3) is 3.77. The highest BCUT2D eigenvalue weighted by Gasteiger charge is 2.50. The van der Waals surface area contributed by atoms with Gasteiger partial charge in [0, 0.05) is 66.7 Å². The molecule has 0 unspecified atom stereocenters. The Morgan fingerprint density at radius 1 is 0.925 bits per heavy atom. The van der Waals surface area contributed by atoms with E-state index in [1.807, 2.05) is 35.4 Å². The van der Waals surface area contributed by atoms with E-state index < -0.39 is 0 Å². The van der Waals surface area contributed by atoms with Gasteiger partial charge in [-0.2, -0.15) is 0 Å². The zero-order chi connectivity index (χ0) is 26.9. The molecule has 2 aromatic heterocycles. The normalized spacial score (nSPS) is 21.3. The number of ether oxygens (including phenoxy) is 1. The third-order valence-electron chi connectivity index (χ3n) is 9.64. The van der Waals surface area contributed by atoms with Crippen LogP contribution in [0.2, 0.25) is 0 Å². The fraction of sp³-hybridized carbons (Fsp3) is 0.406. The molecular weight excluding hydrogens is 500 g/mol. The number of carbonyl (C=O) groups excluding carboxylic acids is 1. The van der Waals surface area contributed by atoms with Gasteiger partial charge >= 0.3 is 0 Å². The summed E-state index contributed by atoms with van der Waals surface area (Å²) in [5, 5.41) is 10.0. The molecule has 1 aliphatic carbocycles. The highest BCUT2D eigenvalue weighted by molar-refractivity contribution is 5.98. The summed E-state index contributed by atoms with van der Waals surface area (Å²) in [5.41, 5.74) is 7.33. The molecule has 1 amide bonds. The van der Waals surface area contributed by atoms with Crippen LogP contribution in [0.15, 0.2) is 60.8 Å². The fourth-order valence-electron chi connectivity index (χ4n) is 7.16. The first-order valence-electron chi connectivity index (χ1n) is 14.4. The molecule has 0 radical (unpaired) electrons. The molecule has 8 rings (SSSR count). The lowest BCUT2D eigenvalue weighted by atomic mass is 9.73. The Kier molecular flexibility index (Phi) is 5.34. The van der Waals surface area contributed by atoms with E-state index in [9.17, 15) is 4.79 Å². The first kappa shape index (κ1) is 24.1. The van der Waals surface area contributed by atoms with E-state index in [1.165, 1.54) is 24.9 Å². The minimum Gasteiger partial charge on any atom is -0.380 e. The number of hydrogen-bond donors (Lipinski definition) is 1. The van der Waals surface area contributed by atoms with Crippen molar-refractivity contribution in [1.82, 2.24) is 25.0 Å². The van der Waals surface area contributed by atoms with Crippen LogP contribution in [0.4, 0.5) is 5.69 Å². The maximum atomic E-state index is 12.9. The summed E-state index contributed by atoms with van der Waals surface area (Å²) in [6.45, 7) is 6.49. The number of nitrogens with one attached hydrogen (secondary N) is 1. The highest BCUT2D eigenvalue weighted by Crippen LogP contribution is 2.43. The Morgan fingerprint density at radius 3 is 2.35 bits per heavy atom. The number of anilines is 1. The van der Waals surface area contributed by atoms with Crippen molar-refractivity contribution in [2.45, 2.75) is 24.8 Å². The molecule has 5 heterocycles. The largest absolute Gasteiger partial charge is 0.380 e. The number of aromatic nitrogens is 3. The van der Waals surface area contributed by atoms with Crippen LogP contribution >= 0.6 is 0 Å². The van der Waals surface area contributed by atoms with Crippen molar-refractivity contribution in [3.63, 3.8) is 0 Å². The van der Waals surface area contributed by atoms with Crippen molar-refractivity contribution in [2.75, 3.05) is 57.9 Å². The lowest BCUT2D eigenvalue weighted by molar-refractivity contribution is -0.176. The quantitative estimate of drug-likeness (QED) is 0.417. The average molecular weight is 535 g/mol. The SMILES string of the molecule is CN1CCN(c2ccc(-c3cc4c(-c5ccc(C(=O)N6CC7(COC7)C6)cc5)c[nH]c4nn3)cc2)C2(CCC2)C1. The molecule has 4 aliphatic rings. The number of hydrogen-bond acceptors (Lipinski definition) is 6. The van der Waals surface area contributed by atoms with Crippen molar-refractivity contribution in [1.29, 1.82) is 0 Å². The first-order chi connectivity index (χ1) is 19.5. The molecule has 8 heteroatoms. The lowest BCUT2D eigenvalue weighted by Gasteiger charge is -2.56. The lowest BCUT2D eigenvalue weighted by Crippen LogP contribution is -2.67. The molecular formula is C32H34N6O2. The van der Waals surface area contributed by atoms with Crippen molar-refractivity contribution >= 4 is 22.6 Å². The minimum atomic E-state index is 0.0967. The van der Waals surface area contributed by atoms with Crippen molar-refractivity contribution < 1.29 is 9.53 Å². The van der Waals surface area contributed by atoms with E-state index in [0.717, 1.165) is 84.9 Å². The Balaban J connectivity index is 1.03. The van der Waals surface area contributed by atoms with Gasteiger partial charge < -0.3 is 24.4 Å². The van der Waals surface area contributed by atoms with E-state index in [1.54, 1.807) is 0 Å². The predicted octanol–water partition coefficient (Wildman–Crippen LogP) is 4.44. The second-order valence-electron chi connectivity index (χ2n) is 12.4. The van der Waals surface area contributed by atoms with Gasteiger partial charge in [-0.15, -0.1) is 10.2 Å². The standard InChI is InChI=1S/C32H34N6O2/c1-36-13-14-38(32(19-36)11-2-12-32)25-9-7-23(8-10-25)28-15-26-27(16-33-29(26)35-34-28)22-3-5-24(6-4-22)30(39)37-17-31(18-37)20-40-21-31/h3-10,15-16H,2,11-14,17-21H2,1H3,(H,33,35). The molecule has 4 fully saturated rings. The van der Waals surface area contributed by atoms with Gasteiger partial charge in [0.2, 0.25) is 0 Å². The zero-order valence-corrected chi connectivity index (χ0v) is 22.9. The van der Waals surface area contributed by atoms with E-state index in [4.69, 9.17) is 4.74 Å². The number of amides is 1. The second-order valence-corrected chi connectivity index (χ2v) is 12.4. The minimum absolute atomic E-state index is 0.0967. The van der Waals surface area contributed by atoms with Gasteiger partial charge in [0.1, 0.15) is 0 Å². The number of nitrogens with zero attached hydrogens (tertiary/aromatic N) is 5. The van der Waals surface area contributed by atoms with E-state index in [0.29, 0.717) is 5.54 Å². The van der Waals surface area contributed by atoms with Gasteiger partial charge in [-0.1, -0.05) is 24.3 Å². The number of likely N-dealkylation sites (tertiary alicyclic amines) is 1. The summed E-state index contributed by atoms with van der Waals surface area (Å²) in [4.78, 5) is 23.2. The number of likely N-dealkylation sites (N-methyl/N-ethyl adjacent to an activating group) is 1. The van der Waals surface area contributed by atoms with Gasteiger partial charge in [-0.05, 0) is 62.2 Å². The first-order valence-corrected chi connectivity index (χ1v) is 14.4. The topological polar surface area (TPSA) is 77.6 Å². The molecule has 4 aromatic rings. The molecule has 8 nitrogen and oxygen atoms in total. The van der Waals surface area contributed by atoms with Gasteiger partial charge in [-0.25, -0.2) is 0 Å². The smallest absolute Gasteiger partial charge is 0.253 e. The van der Waals surface area contributed by atoms with Gasteiger partial charge in [0.15, 0.2) is 5.65 Å². The van der Waals surface area contributed by atoms with Gasteiger partial charge in [0.25, 0.3) is 5.91 Å². The number of H-pyrrole nitrogens is 1. The van der Waals surface area contributed by atoms with Crippen molar-refractivity contribution in [3.05, 3.63) is 66.4 Å². The van der Waals surface area contributed by atoms with Crippen LogP contribution in [0.5, 0.6) is 0 Å². The summed E-state index contributed by atoms with van der Waals surface area (Å²) in [5.74, 6) is 0.0967. The van der Waals surface area contributed by atoms with E-state index >= 15 is 0 Å². The molecule has 0 bridgehead atoms. The maximum Gasteiger partial charge on any atom is 0.253 e. The number of rotatable bonds is 4. The van der Waals surface area contributed by atoms with Crippen LogP contribution in [0.3, 0.4) is 0 Å². The Labute approximate surface area is 233 Å². The molecule has 204 valence electrons. The molecule has 2 spiro atoms. The van der Waals surface area contributed by atoms with Crippen molar-refractivity contribution in [3.8, 4) is 22.4 Å². The molecule has 40 heavy (non-hydrogen) atoms. The van der Waals surface area contributed by atoms with Crippen LogP contribution in [0.25, 0.3) is 33.4 Å². The average Bonchev–Trinajstić information content (AvgIpc) is 3.34. The number of aromatic amines is 1. The van der Waals surface area contributed by atoms with Crippen LogP contribution in [0, 0.1) is 5.41 Å². The molecule has 3 aliphatic heterocycles. The van der Waals surface area contributed by atoms with Crippen LogP contribution < -0.4 is 4.90 Å². The molecule has 1 saturated carbocycles. The molecule has 1 N–H and O–H groups in total. The Hall–Kier alpha value is -3.75. The van der Waals surface area contributed by atoms with E-state index in [2.05, 4.69) is 62.4 Å². The summed E-state index contributed by atoms with van der Waals surface area (Å²) in [6.07, 6.45) is 5.86. The summed E-state index contributed by atoms with van der Waals surface area (Å²) < 4.78 is 5.34. The number of fused-ring (bicyclic) bond motifs is 1. The fourth-order valence-corrected chi connectivity index (χ4v) is 7.16. The third-order valence-corrected chi connectivity index (χ3v) is 9.64. The zero-order valence-electron chi connectivity index (χ0n) is 22.9. The van der Waals surface area contributed by atoms with Gasteiger partial charge in [0.05, 0.1) is 29.9 Å². The molecule has 3 saturated heterocycles. The molecule has 2 aromatic carbocycles. The summed E-state index contributed by atoms with van der Waals surface area (Å²) in [6, 6.07) is 18.9. The van der Waals surface area contributed by atoms with Crippen molar-refractivity contribution in [2.24, 2.45) is 5.41 Å². The van der Waals surface area contributed by atoms with Crippen LogP contribution in [0.1, 0.15) is 29.6 Å². The van der Waals surface area contributed by atoms with Crippen LogP contribution in [-0.2, 0) is 4.74 Å². The number of carbonyl (C=O) groups is 1. The monoisotopic (exact) mass is 534 g/mol. The van der Waals surface area contributed by atoms with E-state index in [-0.39, 0.29) is 11.3 Å². The number of benzene rings is 2. The highest BCUT2D eigenvalue weighted by atomic mass is 16.5. The van der Waals surface area contributed by atoms with Crippen LogP contribution in [-0.4, -0.2) is 89.4 Å². The summed E-state index contributed by atoms with van der Waals surface area (Å²) >= 11 is 0.